The van der Waals surface area contributed by atoms with E-state index in [-0.39, 0.29) is 6.10 Å². The second-order valence-electron chi connectivity index (χ2n) is 8.33. The minimum atomic E-state index is -0.928. The van der Waals surface area contributed by atoms with E-state index in [0.29, 0.717) is 19.6 Å². The largest absolute Gasteiger partial charge is 0.490 e. The van der Waals surface area contributed by atoms with Gasteiger partial charge in [-0.1, -0.05) is 54.6 Å². The van der Waals surface area contributed by atoms with Gasteiger partial charge in [0.25, 0.3) is 0 Å². The van der Waals surface area contributed by atoms with Crippen LogP contribution in [0.4, 0.5) is 0 Å². The Hall–Kier alpha value is -3.31. The van der Waals surface area contributed by atoms with Gasteiger partial charge in [0.05, 0.1) is 0 Å². The molecule has 1 heterocycles. The highest BCUT2D eigenvalue weighted by atomic mass is 16.5. The van der Waals surface area contributed by atoms with Gasteiger partial charge in [-0.05, 0) is 60.2 Å². The third-order valence-corrected chi connectivity index (χ3v) is 5.85. The van der Waals surface area contributed by atoms with E-state index in [1.54, 1.807) is 0 Å². The highest BCUT2D eigenvalue weighted by molar-refractivity contribution is 5.72. The number of rotatable bonds is 10. The summed E-state index contributed by atoms with van der Waals surface area (Å²) in [6.45, 7) is 2.75. The van der Waals surface area contributed by atoms with E-state index in [1.165, 1.54) is 5.56 Å². The first-order chi connectivity index (χ1) is 16.1. The molecule has 0 saturated heterocycles. The SMILES string of the molecule is CCOC(Cc1ccc2c(c1)CCC(Cc1ccc(OCc3ccccc3)cc1)O2)C(=O)O. The maximum atomic E-state index is 11.4. The fourth-order valence-electron chi connectivity index (χ4n) is 4.13. The van der Waals surface area contributed by atoms with Gasteiger partial charge in [-0.2, -0.15) is 0 Å². The quantitative estimate of drug-likeness (QED) is 0.462. The number of carboxylic acid groups (broad SMARTS) is 1. The van der Waals surface area contributed by atoms with Crippen molar-refractivity contribution >= 4 is 5.97 Å². The molecule has 0 radical (unpaired) electrons. The highest BCUT2D eigenvalue weighted by Gasteiger charge is 2.22. The maximum Gasteiger partial charge on any atom is 0.333 e. The molecule has 0 saturated carbocycles. The lowest BCUT2D eigenvalue weighted by Crippen LogP contribution is -2.27. The summed E-state index contributed by atoms with van der Waals surface area (Å²) in [6.07, 6.45) is 2.35. The zero-order chi connectivity index (χ0) is 23.0. The van der Waals surface area contributed by atoms with Gasteiger partial charge < -0.3 is 19.3 Å². The van der Waals surface area contributed by atoms with Crippen molar-refractivity contribution in [1.82, 2.24) is 0 Å². The van der Waals surface area contributed by atoms with Crippen molar-refractivity contribution in [1.29, 1.82) is 0 Å². The lowest BCUT2D eigenvalue weighted by molar-refractivity contribution is -0.149. The van der Waals surface area contributed by atoms with Crippen LogP contribution in [-0.4, -0.2) is 29.9 Å². The highest BCUT2D eigenvalue weighted by Crippen LogP contribution is 2.30. The summed E-state index contributed by atoms with van der Waals surface area (Å²) in [5.74, 6) is 0.820. The lowest BCUT2D eigenvalue weighted by atomic mass is 9.95. The molecule has 0 aliphatic carbocycles. The second-order valence-corrected chi connectivity index (χ2v) is 8.33. The monoisotopic (exact) mass is 446 g/mol. The van der Waals surface area contributed by atoms with E-state index in [9.17, 15) is 9.90 Å². The third kappa shape index (κ3) is 6.36. The second kappa shape index (κ2) is 11.0. The van der Waals surface area contributed by atoms with Crippen molar-refractivity contribution in [2.45, 2.75) is 51.4 Å². The van der Waals surface area contributed by atoms with Crippen LogP contribution in [0.2, 0.25) is 0 Å². The molecule has 33 heavy (non-hydrogen) atoms. The van der Waals surface area contributed by atoms with Gasteiger partial charge in [-0.3, -0.25) is 0 Å². The first-order valence-electron chi connectivity index (χ1n) is 11.5. The van der Waals surface area contributed by atoms with Crippen LogP contribution in [0, 0.1) is 0 Å². The van der Waals surface area contributed by atoms with E-state index in [2.05, 4.69) is 30.3 Å². The molecule has 0 spiro atoms. The molecule has 4 rings (SSSR count). The number of aliphatic carboxylic acids is 1. The smallest absolute Gasteiger partial charge is 0.333 e. The first kappa shape index (κ1) is 22.9. The van der Waals surface area contributed by atoms with E-state index >= 15 is 0 Å². The van der Waals surface area contributed by atoms with E-state index in [4.69, 9.17) is 14.2 Å². The number of carbonyl (C=O) groups is 1. The molecule has 1 N–H and O–H groups in total. The van der Waals surface area contributed by atoms with Crippen LogP contribution in [0.25, 0.3) is 0 Å². The van der Waals surface area contributed by atoms with Crippen LogP contribution < -0.4 is 9.47 Å². The van der Waals surface area contributed by atoms with Crippen LogP contribution in [-0.2, 0) is 35.4 Å². The summed E-state index contributed by atoms with van der Waals surface area (Å²) >= 11 is 0. The maximum absolute atomic E-state index is 11.4. The molecule has 172 valence electrons. The Morgan fingerprint density at radius 1 is 1.03 bits per heavy atom. The minimum Gasteiger partial charge on any atom is -0.490 e. The summed E-state index contributed by atoms with van der Waals surface area (Å²) in [6, 6.07) is 24.3. The van der Waals surface area contributed by atoms with Gasteiger partial charge in [-0.15, -0.1) is 0 Å². The normalized spacial score (nSPS) is 15.8. The standard InChI is InChI=1S/C28H30O5/c1-2-31-27(28(29)30)18-22-10-15-26-23(16-22)11-14-25(33-26)17-20-8-12-24(13-9-20)32-19-21-6-4-3-5-7-21/h3-10,12-13,15-16,25,27H,2,11,14,17-19H2,1H3,(H,29,30). The van der Waals surface area contributed by atoms with Gasteiger partial charge in [0, 0.05) is 19.4 Å². The van der Waals surface area contributed by atoms with Crippen LogP contribution in [0.1, 0.15) is 35.6 Å². The third-order valence-electron chi connectivity index (χ3n) is 5.85. The van der Waals surface area contributed by atoms with Gasteiger partial charge in [0.2, 0.25) is 0 Å². The van der Waals surface area contributed by atoms with Gasteiger partial charge >= 0.3 is 5.97 Å². The summed E-state index contributed by atoms with van der Waals surface area (Å²) in [4.78, 5) is 11.4. The van der Waals surface area contributed by atoms with Crippen molar-refractivity contribution in [3.63, 3.8) is 0 Å². The van der Waals surface area contributed by atoms with Crippen LogP contribution in [0.5, 0.6) is 11.5 Å². The average Bonchev–Trinajstić information content (AvgIpc) is 2.84. The summed E-state index contributed by atoms with van der Waals surface area (Å²) < 4.78 is 17.5. The van der Waals surface area contributed by atoms with Crippen LogP contribution >= 0.6 is 0 Å². The molecule has 0 aromatic heterocycles. The minimum absolute atomic E-state index is 0.120. The fraction of sp³-hybridized carbons (Fsp3) is 0.321. The van der Waals surface area contributed by atoms with Crippen molar-refractivity contribution < 1.29 is 24.1 Å². The molecular formula is C28H30O5. The molecule has 0 bridgehead atoms. The molecule has 2 atom stereocenters. The van der Waals surface area contributed by atoms with Crippen molar-refractivity contribution in [2.24, 2.45) is 0 Å². The van der Waals surface area contributed by atoms with Crippen molar-refractivity contribution in [2.75, 3.05) is 6.61 Å². The molecule has 3 aromatic rings. The fourth-order valence-corrected chi connectivity index (χ4v) is 4.13. The van der Waals surface area contributed by atoms with E-state index in [0.717, 1.165) is 47.5 Å². The first-order valence-corrected chi connectivity index (χ1v) is 11.5. The Labute approximate surface area is 194 Å². The Morgan fingerprint density at radius 3 is 2.52 bits per heavy atom. The molecule has 0 amide bonds. The van der Waals surface area contributed by atoms with E-state index < -0.39 is 12.1 Å². The molecule has 2 unspecified atom stereocenters. The predicted molar refractivity (Wildman–Crippen MR) is 127 cm³/mol. The number of hydrogen-bond donors (Lipinski definition) is 1. The summed E-state index contributed by atoms with van der Waals surface area (Å²) in [5, 5.41) is 9.32. The van der Waals surface area contributed by atoms with Gasteiger partial charge in [-0.25, -0.2) is 4.79 Å². The van der Waals surface area contributed by atoms with Gasteiger partial charge in [0.1, 0.15) is 24.2 Å². The molecular weight excluding hydrogens is 416 g/mol. The van der Waals surface area contributed by atoms with Crippen LogP contribution in [0.15, 0.2) is 72.8 Å². The number of carboxylic acids is 1. The van der Waals surface area contributed by atoms with Crippen molar-refractivity contribution in [3.05, 3.63) is 95.1 Å². The molecule has 1 aliphatic heterocycles. The van der Waals surface area contributed by atoms with Crippen LogP contribution in [0.3, 0.4) is 0 Å². The number of hydrogen-bond acceptors (Lipinski definition) is 4. The Kier molecular flexibility index (Phi) is 7.63. The molecule has 3 aromatic carbocycles. The molecule has 0 fully saturated rings. The van der Waals surface area contributed by atoms with Gasteiger partial charge in [0.15, 0.2) is 6.10 Å². The number of ether oxygens (including phenoxy) is 3. The summed E-state index contributed by atoms with van der Waals surface area (Å²) in [5.41, 5.74) is 4.46. The number of aryl methyl sites for hydroxylation is 1. The van der Waals surface area contributed by atoms with E-state index in [1.807, 2.05) is 49.4 Å². The van der Waals surface area contributed by atoms with Crippen molar-refractivity contribution in [3.8, 4) is 11.5 Å². The Bertz CT molecular complexity index is 1050. The average molecular weight is 447 g/mol. The summed E-state index contributed by atoms with van der Waals surface area (Å²) in [7, 11) is 0. The Balaban J connectivity index is 1.31. The molecule has 5 heteroatoms. The lowest BCUT2D eigenvalue weighted by Gasteiger charge is -2.27. The number of fused-ring (bicyclic) bond motifs is 1. The molecule has 1 aliphatic rings. The zero-order valence-corrected chi connectivity index (χ0v) is 18.9. The predicted octanol–water partition coefficient (Wildman–Crippen LogP) is 5.23. The Morgan fingerprint density at radius 2 is 1.79 bits per heavy atom. The molecule has 5 nitrogen and oxygen atoms in total. The topological polar surface area (TPSA) is 65.0 Å². The number of benzene rings is 3. The zero-order valence-electron chi connectivity index (χ0n) is 18.9.